The van der Waals surface area contributed by atoms with E-state index >= 15 is 0 Å². The topological polar surface area (TPSA) is 68.5 Å². The van der Waals surface area contributed by atoms with Crippen molar-refractivity contribution in [2.24, 2.45) is 0 Å². The van der Waals surface area contributed by atoms with E-state index in [2.05, 4.69) is 10.1 Å². The third-order valence-electron chi connectivity index (χ3n) is 4.34. The number of aromatic nitrogens is 2. The average Bonchev–Trinajstić information content (AvgIpc) is 3.17. The molecule has 2 heterocycles. The van der Waals surface area contributed by atoms with Gasteiger partial charge in [0, 0.05) is 13.1 Å². The van der Waals surface area contributed by atoms with Crippen LogP contribution >= 0.6 is 0 Å². The van der Waals surface area contributed by atoms with E-state index in [-0.39, 0.29) is 18.4 Å². The molecule has 1 atom stereocenters. The Hall–Kier alpha value is -2.37. The van der Waals surface area contributed by atoms with E-state index in [0.29, 0.717) is 24.8 Å². The molecule has 122 valence electrons. The van der Waals surface area contributed by atoms with Crippen LogP contribution in [0.1, 0.15) is 35.2 Å². The Morgan fingerprint density at radius 3 is 2.96 bits per heavy atom. The first-order valence-corrected chi connectivity index (χ1v) is 7.81. The second-order valence-corrected chi connectivity index (χ2v) is 5.99. The van der Waals surface area contributed by atoms with Gasteiger partial charge in [-0.25, -0.2) is 0 Å². The molecule has 1 amide bonds. The fourth-order valence-electron chi connectivity index (χ4n) is 2.78. The molecule has 23 heavy (non-hydrogen) atoms. The summed E-state index contributed by atoms with van der Waals surface area (Å²) < 4.78 is 10.9. The minimum atomic E-state index is -0.00959. The third-order valence-corrected chi connectivity index (χ3v) is 4.34. The van der Waals surface area contributed by atoms with Crippen molar-refractivity contribution in [1.29, 1.82) is 0 Å². The zero-order valence-electron chi connectivity index (χ0n) is 13.7. The van der Waals surface area contributed by atoms with E-state index in [9.17, 15) is 4.79 Å². The van der Waals surface area contributed by atoms with Crippen molar-refractivity contribution in [2.45, 2.75) is 33.1 Å². The van der Waals surface area contributed by atoms with Gasteiger partial charge in [-0.3, -0.25) is 4.79 Å². The van der Waals surface area contributed by atoms with E-state index < -0.39 is 0 Å². The molecule has 6 heteroatoms. The quantitative estimate of drug-likeness (QED) is 0.866. The van der Waals surface area contributed by atoms with Crippen molar-refractivity contribution < 1.29 is 14.1 Å². The summed E-state index contributed by atoms with van der Waals surface area (Å²) in [6.07, 6.45) is 0.844. The molecule has 1 aliphatic heterocycles. The average molecular weight is 315 g/mol. The maximum Gasteiger partial charge on any atom is 0.260 e. The van der Waals surface area contributed by atoms with Gasteiger partial charge in [0.15, 0.2) is 12.4 Å². The van der Waals surface area contributed by atoms with Crippen LogP contribution in [0.2, 0.25) is 0 Å². The zero-order valence-corrected chi connectivity index (χ0v) is 13.7. The van der Waals surface area contributed by atoms with Crippen LogP contribution in [-0.2, 0) is 4.79 Å². The number of carbonyl (C=O) groups is 1. The van der Waals surface area contributed by atoms with Gasteiger partial charge in [-0.2, -0.15) is 4.98 Å². The maximum absolute atomic E-state index is 12.3. The molecule has 1 fully saturated rings. The summed E-state index contributed by atoms with van der Waals surface area (Å²) >= 11 is 0. The van der Waals surface area contributed by atoms with Crippen LogP contribution in [0, 0.1) is 20.8 Å². The molecule has 1 aliphatic rings. The first-order valence-electron chi connectivity index (χ1n) is 7.81. The van der Waals surface area contributed by atoms with Gasteiger partial charge in [0.1, 0.15) is 5.75 Å². The van der Waals surface area contributed by atoms with E-state index in [1.807, 2.05) is 32.0 Å². The Bertz CT molecular complexity index is 711. The summed E-state index contributed by atoms with van der Waals surface area (Å²) in [4.78, 5) is 18.4. The normalized spacial score (nSPS) is 17.5. The molecule has 1 saturated heterocycles. The Kier molecular flexibility index (Phi) is 4.32. The van der Waals surface area contributed by atoms with Gasteiger partial charge in [0.2, 0.25) is 5.89 Å². The number of ether oxygens (including phenoxy) is 1. The van der Waals surface area contributed by atoms with Crippen LogP contribution < -0.4 is 4.74 Å². The number of carbonyl (C=O) groups excluding carboxylic acids is 1. The molecule has 0 bridgehead atoms. The number of nitrogens with zero attached hydrogens (tertiary/aromatic N) is 3. The summed E-state index contributed by atoms with van der Waals surface area (Å²) in [7, 11) is 0. The molecule has 1 aromatic heterocycles. The van der Waals surface area contributed by atoms with Gasteiger partial charge in [-0.05, 0) is 44.4 Å². The Morgan fingerprint density at radius 1 is 1.39 bits per heavy atom. The molecule has 0 aliphatic carbocycles. The van der Waals surface area contributed by atoms with E-state index in [1.165, 1.54) is 0 Å². The van der Waals surface area contributed by atoms with Crippen LogP contribution in [0.15, 0.2) is 22.7 Å². The van der Waals surface area contributed by atoms with Gasteiger partial charge < -0.3 is 14.2 Å². The highest BCUT2D eigenvalue weighted by molar-refractivity contribution is 5.78. The Morgan fingerprint density at radius 2 is 2.22 bits per heavy atom. The fraction of sp³-hybridized carbons (Fsp3) is 0.471. The lowest BCUT2D eigenvalue weighted by Gasteiger charge is -2.17. The van der Waals surface area contributed by atoms with Crippen molar-refractivity contribution in [3.8, 4) is 5.75 Å². The predicted octanol–water partition coefficient (Wildman–Crippen LogP) is 2.39. The van der Waals surface area contributed by atoms with Crippen LogP contribution in [0.5, 0.6) is 5.75 Å². The summed E-state index contributed by atoms with van der Waals surface area (Å²) in [5.74, 6) is 2.13. The molecule has 1 aromatic carbocycles. The van der Waals surface area contributed by atoms with Crippen molar-refractivity contribution >= 4 is 5.91 Å². The molecule has 6 nitrogen and oxygen atoms in total. The molecule has 0 radical (unpaired) electrons. The number of likely N-dealkylation sites (tertiary alicyclic amines) is 1. The Labute approximate surface area is 135 Å². The molecule has 0 spiro atoms. The van der Waals surface area contributed by atoms with Gasteiger partial charge in [-0.15, -0.1) is 0 Å². The lowest BCUT2D eigenvalue weighted by molar-refractivity contribution is -0.132. The molecular formula is C17H21N3O3. The second-order valence-electron chi connectivity index (χ2n) is 5.99. The minimum Gasteiger partial charge on any atom is -0.483 e. The minimum absolute atomic E-state index is 0.00959. The highest BCUT2D eigenvalue weighted by Gasteiger charge is 2.31. The smallest absolute Gasteiger partial charge is 0.260 e. The first-order chi connectivity index (χ1) is 11.0. The van der Waals surface area contributed by atoms with Crippen molar-refractivity contribution in [2.75, 3.05) is 19.7 Å². The van der Waals surface area contributed by atoms with Crippen molar-refractivity contribution in [1.82, 2.24) is 15.0 Å². The maximum atomic E-state index is 12.3. The SMILES string of the molecule is Cc1noc([C@@H]2CCN(C(=O)COc3cccc(C)c3C)C2)n1. The van der Waals surface area contributed by atoms with Crippen LogP contribution in [0.25, 0.3) is 0 Å². The zero-order chi connectivity index (χ0) is 16.4. The van der Waals surface area contributed by atoms with Crippen molar-refractivity contribution in [3.05, 3.63) is 41.0 Å². The first kappa shape index (κ1) is 15.5. The lowest BCUT2D eigenvalue weighted by Crippen LogP contribution is -2.33. The summed E-state index contributed by atoms with van der Waals surface area (Å²) in [6.45, 7) is 7.18. The van der Waals surface area contributed by atoms with Crippen LogP contribution in [-0.4, -0.2) is 40.6 Å². The Balaban J connectivity index is 1.56. The predicted molar refractivity (Wildman–Crippen MR) is 84.4 cm³/mol. The van der Waals surface area contributed by atoms with Crippen molar-refractivity contribution in [3.63, 3.8) is 0 Å². The monoisotopic (exact) mass is 315 g/mol. The van der Waals surface area contributed by atoms with Crippen LogP contribution in [0.4, 0.5) is 0 Å². The molecule has 0 N–H and O–H groups in total. The summed E-state index contributed by atoms with van der Waals surface area (Å²) in [5.41, 5.74) is 2.23. The van der Waals surface area contributed by atoms with Gasteiger partial charge in [-0.1, -0.05) is 17.3 Å². The number of benzene rings is 1. The number of hydrogen-bond donors (Lipinski definition) is 0. The standard InChI is InChI=1S/C17H21N3O3/c1-11-5-4-6-15(12(11)2)22-10-16(21)20-8-7-14(9-20)17-18-13(3)19-23-17/h4-6,14H,7-10H2,1-3H3/t14-/m1/s1. The van der Waals surface area contributed by atoms with Crippen LogP contribution in [0.3, 0.4) is 0 Å². The van der Waals surface area contributed by atoms with E-state index in [1.54, 1.807) is 11.8 Å². The molecule has 0 saturated carbocycles. The second kappa shape index (κ2) is 6.40. The summed E-state index contributed by atoms with van der Waals surface area (Å²) in [5, 5.41) is 3.81. The molecular weight excluding hydrogens is 294 g/mol. The number of hydrogen-bond acceptors (Lipinski definition) is 5. The van der Waals surface area contributed by atoms with Gasteiger partial charge >= 0.3 is 0 Å². The third kappa shape index (κ3) is 3.36. The van der Waals surface area contributed by atoms with Gasteiger partial charge in [0.05, 0.1) is 5.92 Å². The fourth-order valence-corrected chi connectivity index (χ4v) is 2.78. The van der Waals surface area contributed by atoms with E-state index in [0.717, 1.165) is 23.3 Å². The molecule has 0 unspecified atom stereocenters. The lowest BCUT2D eigenvalue weighted by atomic mass is 10.1. The highest BCUT2D eigenvalue weighted by atomic mass is 16.5. The number of aryl methyl sites for hydroxylation is 2. The summed E-state index contributed by atoms with van der Waals surface area (Å²) in [6, 6.07) is 5.86. The number of rotatable bonds is 4. The molecule has 2 aromatic rings. The highest BCUT2D eigenvalue weighted by Crippen LogP contribution is 2.26. The largest absolute Gasteiger partial charge is 0.483 e. The molecule has 3 rings (SSSR count). The van der Waals surface area contributed by atoms with Gasteiger partial charge in [0.25, 0.3) is 5.91 Å². The number of amides is 1. The van der Waals surface area contributed by atoms with E-state index in [4.69, 9.17) is 9.26 Å².